The Morgan fingerprint density at radius 1 is 1.07 bits per heavy atom. The number of urea groups is 1. The molecule has 0 unspecified atom stereocenters. The molecule has 5 rings (SSSR count). The summed E-state index contributed by atoms with van der Waals surface area (Å²) in [4.78, 5) is 17.7. The van der Waals surface area contributed by atoms with Crippen LogP contribution in [0.15, 0.2) is 22.4 Å². The summed E-state index contributed by atoms with van der Waals surface area (Å²) in [5.41, 5.74) is 5.24. The molecule has 2 bridgehead atoms. The predicted molar refractivity (Wildman–Crippen MR) is 105 cm³/mol. The average molecular weight is 367 g/mol. The number of carbonyl (C=O) groups is 1. The van der Waals surface area contributed by atoms with Crippen LogP contribution in [0, 0.1) is 5.41 Å². The van der Waals surface area contributed by atoms with Crippen LogP contribution in [-0.4, -0.2) is 41.5 Å². The zero-order valence-corrected chi connectivity index (χ0v) is 16.8. The zero-order chi connectivity index (χ0) is 18.8. The normalized spacial score (nSPS) is 30.9. The van der Waals surface area contributed by atoms with Gasteiger partial charge in [0.05, 0.1) is 12.2 Å². The van der Waals surface area contributed by atoms with Gasteiger partial charge in [0.15, 0.2) is 0 Å². The molecule has 144 valence electrons. The van der Waals surface area contributed by atoms with Crippen molar-refractivity contribution in [2.24, 2.45) is 15.6 Å². The average Bonchev–Trinajstić information content (AvgIpc) is 3.11. The molecule has 5 heteroatoms. The van der Waals surface area contributed by atoms with Crippen molar-refractivity contribution in [3.63, 3.8) is 0 Å². The van der Waals surface area contributed by atoms with E-state index in [1.807, 2.05) is 0 Å². The lowest BCUT2D eigenvalue weighted by atomic mass is 9.51. The number of carbonyl (C=O) groups excluding carboxylic acids is 1. The standard InChI is InChI=1S/C22H30N4O/c1-21(2)19-12-15-11-16-14-23-24-18(16)13-17(15)22(21,3)7-10-26(19)20(27)25-8-5-4-6-9-25/h11,13,19H,4-10,12,14H2,1-3H3/t19-,22+/m1/s1. The number of fused-ring (bicyclic) bond motifs is 5. The van der Waals surface area contributed by atoms with Gasteiger partial charge >= 0.3 is 6.03 Å². The number of hydrogen-bond acceptors (Lipinski definition) is 3. The Kier molecular flexibility index (Phi) is 3.69. The smallest absolute Gasteiger partial charge is 0.320 e. The minimum Gasteiger partial charge on any atom is -0.325 e. The molecule has 27 heavy (non-hydrogen) atoms. The number of rotatable bonds is 0. The van der Waals surface area contributed by atoms with Crippen LogP contribution in [-0.2, 0) is 18.4 Å². The third-order valence-electron chi connectivity index (χ3n) is 8.09. The first-order valence-corrected chi connectivity index (χ1v) is 10.5. The van der Waals surface area contributed by atoms with Crippen molar-refractivity contribution >= 4 is 11.7 Å². The first-order chi connectivity index (χ1) is 12.9. The second kappa shape index (κ2) is 5.79. The number of piperidine rings is 2. The van der Waals surface area contributed by atoms with Gasteiger partial charge in [0.2, 0.25) is 0 Å². The van der Waals surface area contributed by atoms with Gasteiger partial charge in [0.25, 0.3) is 0 Å². The third-order valence-corrected chi connectivity index (χ3v) is 8.09. The van der Waals surface area contributed by atoms with Gasteiger partial charge < -0.3 is 9.80 Å². The Morgan fingerprint density at radius 3 is 2.63 bits per heavy atom. The van der Waals surface area contributed by atoms with Gasteiger partial charge in [-0.15, -0.1) is 0 Å². The molecule has 1 aliphatic carbocycles. The van der Waals surface area contributed by atoms with Gasteiger partial charge in [-0.1, -0.05) is 26.8 Å². The second-order valence-corrected chi connectivity index (χ2v) is 9.58. The van der Waals surface area contributed by atoms with Crippen molar-refractivity contribution in [2.75, 3.05) is 19.6 Å². The highest BCUT2D eigenvalue weighted by molar-refractivity contribution is 5.76. The summed E-state index contributed by atoms with van der Waals surface area (Å²) in [6, 6.07) is 5.14. The van der Waals surface area contributed by atoms with E-state index < -0.39 is 0 Å². The van der Waals surface area contributed by atoms with Crippen molar-refractivity contribution in [3.05, 3.63) is 28.8 Å². The van der Waals surface area contributed by atoms with Crippen molar-refractivity contribution < 1.29 is 4.79 Å². The van der Waals surface area contributed by atoms with E-state index in [9.17, 15) is 4.79 Å². The molecule has 0 spiro atoms. The molecule has 0 saturated carbocycles. The molecule has 0 radical (unpaired) electrons. The topological polar surface area (TPSA) is 48.3 Å². The fraction of sp³-hybridized carbons (Fsp3) is 0.682. The third kappa shape index (κ3) is 2.33. The number of hydrogen-bond donors (Lipinski definition) is 0. The number of likely N-dealkylation sites (tertiary alicyclic amines) is 2. The van der Waals surface area contributed by atoms with Gasteiger partial charge in [-0.3, -0.25) is 0 Å². The molecule has 1 aromatic rings. The number of benzene rings is 1. The summed E-state index contributed by atoms with van der Waals surface area (Å²) in [7, 11) is 0. The van der Waals surface area contributed by atoms with Crippen LogP contribution < -0.4 is 0 Å². The monoisotopic (exact) mass is 366 g/mol. The maximum atomic E-state index is 13.4. The summed E-state index contributed by atoms with van der Waals surface area (Å²) >= 11 is 0. The zero-order valence-electron chi connectivity index (χ0n) is 16.8. The van der Waals surface area contributed by atoms with E-state index in [1.165, 1.54) is 23.1 Å². The summed E-state index contributed by atoms with van der Waals surface area (Å²) in [6.07, 6.45) is 5.51. The molecular formula is C22H30N4O. The molecule has 1 aromatic carbocycles. The van der Waals surface area contributed by atoms with Crippen molar-refractivity contribution in [1.29, 1.82) is 0 Å². The van der Waals surface area contributed by atoms with Gasteiger partial charge in [0, 0.05) is 36.7 Å². The lowest BCUT2D eigenvalue weighted by molar-refractivity contribution is -0.0242. The number of nitrogens with zero attached hydrogens (tertiary/aromatic N) is 4. The molecule has 3 heterocycles. The Labute approximate surface area is 161 Å². The van der Waals surface area contributed by atoms with Crippen molar-refractivity contribution in [1.82, 2.24) is 9.80 Å². The van der Waals surface area contributed by atoms with Crippen LogP contribution in [0.1, 0.15) is 63.1 Å². The van der Waals surface area contributed by atoms with Crippen LogP contribution in [0.4, 0.5) is 10.5 Å². The summed E-state index contributed by atoms with van der Waals surface area (Å²) < 4.78 is 0. The first-order valence-electron chi connectivity index (χ1n) is 10.5. The van der Waals surface area contributed by atoms with E-state index in [0.29, 0.717) is 6.54 Å². The van der Waals surface area contributed by atoms with Crippen molar-refractivity contribution in [2.45, 2.75) is 70.9 Å². The van der Waals surface area contributed by atoms with Crippen molar-refractivity contribution in [3.8, 4) is 0 Å². The predicted octanol–water partition coefficient (Wildman–Crippen LogP) is 4.80. The van der Waals surface area contributed by atoms with E-state index >= 15 is 0 Å². The molecule has 0 N–H and O–H groups in total. The molecular weight excluding hydrogens is 336 g/mol. The number of azo groups is 1. The Bertz CT molecular complexity index is 824. The van der Waals surface area contributed by atoms with Crippen LogP contribution in [0.3, 0.4) is 0 Å². The highest BCUT2D eigenvalue weighted by Gasteiger charge is 2.57. The fourth-order valence-electron chi connectivity index (χ4n) is 5.90. The van der Waals surface area contributed by atoms with Gasteiger partial charge in [-0.05, 0) is 54.7 Å². The maximum absolute atomic E-state index is 13.4. The minimum absolute atomic E-state index is 0.0354. The lowest BCUT2D eigenvalue weighted by Crippen LogP contribution is -2.66. The van der Waals surface area contributed by atoms with Gasteiger partial charge in [-0.25, -0.2) is 4.79 Å². The van der Waals surface area contributed by atoms with Crippen LogP contribution in [0.2, 0.25) is 0 Å². The summed E-state index contributed by atoms with van der Waals surface area (Å²) in [5.74, 6) is 0. The molecule has 4 aliphatic rings. The maximum Gasteiger partial charge on any atom is 0.320 e. The van der Waals surface area contributed by atoms with E-state index in [1.54, 1.807) is 0 Å². The molecule has 2 saturated heterocycles. The highest BCUT2D eigenvalue weighted by Crippen LogP contribution is 2.57. The van der Waals surface area contributed by atoms with Gasteiger partial charge in [0.1, 0.15) is 0 Å². The molecule has 3 aliphatic heterocycles. The van der Waals surface area contributed by atoms with E-state index in [2.05, 4.69) is 52.9 Å². The molecule has 2 atom stereocenters. The van der Waals surface area contributed by atoms with Crippen LogP contribution >= 0.6 is 0 Å². The fourth-order valence-corrected chi connectivity index (χ4v) is 5.90. The Balaban J connectivity index is 1.54. The molecule has 2 amide bonds. The number of amides is 2. The Morgan fingerprint density at radius 2 is 1.85 bits per heavy atom. The molecule has 0 aromatic heterocycles. The quantitative estimate of drug-likeness (QED) is 0.650. The highest BCUT2D eigenvalue weighted by atomic mass is 16.2. The van der Waals surface area contributed by atoms with Crippen LogP contribution in [0.25, 0.3) is 0 Å². The van der Waals surface area contributed by atoms with E-state index in [-0.39, 0.29) is 22.9 Å². The Hall–Kier alpha value is -1.91. The van der Waals surface area contributed by atoms with Crippen LogP contribution in [0.5, 0.6) is 0 Å². The SMILES string of the molecule is CC1(C)[C@H]2Cc3cc4c(cc3[C@]1(C)CCN2C(=O)N1CCCCC1)N=NC4. The molecule has 5 nitrogen and oxygen atoms in total. The lowest BCUT2D eigenvalue weighted by Gasteiger charge is -2.61. The minimum atomic E-state index is 0.0354. The summed E-state index contributed by atoms with van der Waals surface area (Å²) in [5, 5.41) is 8.58. The first kappa shape index (κ1) is 17.2. The van der Waals surface area contributed by atoms with E-state index in [0.717, 1.165) is 51.0 Å². The summed E-state index contributed by atoms with van der Waals surface area (Å²) in [6.45, 7) is 10.5. The van der Waals surface area contributed by atoms with E-state index in [4.69, 9.17) is 0 Å². The second-order valence-electron chi connectivity index (χ2n) is 9.58. The largest absolute Gasteiger partial charge is 0.325 e. The van der Waals surface area contributed by atoms with Gasteiger partial charge in [-0.2, -0.15) is 10.2 Å². The molecule has 2 fully saturated rings.